The van der Waals surface area contributed by atoms with E-state index < -0.39 is 6.10 Å². The van der Waals surface area contributed by atoms with Crippen LogP contribution in [0.5, 0.6) is 5.75 Å². The molecule has 1 atom stereocenters. The molecule has 0 aliphatic heterocycles. The van der Waals surface area contributed by atoms with Crippen molar-refractivity contribution in [2.75, 3.05) is 7.11 Å². The van der Waals surface area contributed by atoms with E-state index in [1.165, 1.54) is 0 Å². The number of benzene rings is 1. The molecule has 2 nitrogen and oxygen atoms in total. The molecule has 0 aromatic heterocycles. The fraction of sp³-hybridized carbons (Fsp3) is 0.455. The highest BCUT2D eigenvalue weighted by Crippen LogP contribution is 2.34. The predicted octanol–water partition coefficient (Wildman–Crippen LogP) is 2.96. The van der Waals surface area contributed by atoms with Crippen LogP contribution in [0.4, 0.5) is 0 Å². The van der Waals surface area contributed by atoms with E-state index in [1.807, 2.05) is 19.1 Å². The summed E-state index contributed by atoms with van der Waals surface area (Å²) in [5, 5.41) is 10.1. The second kappa shape index (κ2) is 4.67. The molecule has 78 valence electrons. The highest BCUT2D eigenvalue weighted by Gasteiger charge is 2.13. The minimum absolute atomic E-state index is 0.558. The standard InChI is InChI=1S/C11H15ClO2/c1-4-8-5-9(7(2)13)11(14-3)10(12)6-8/h5-7,13H,4H2,1-3H3. The van der Waals surface area contributed by atoms with Gasteiger partial charge in [-0.2, -0.15) is 0 Å². The Hall–Kier alpha value is -0.730. The van der Waals surface area contributed by atoms with Gasteiger partial charge in [-0.15, -0.1) is 0 Å². The summed E-state index contributed by atoms with van der Waals surface area (Å²) in [5.74, 6) is 0.568. The molecule has 0 spiro atoms. The Morgan fingerprint density at radius 2 is 2.14 bits per heavy atom. The zero-order chi connectivity index (χ0) is 10.7. The Balaban J connectivity index is 3.28. The summed E-state index contributed by atoms with van der Waals surface area (Å²) >= 11 is 6.02. The Labute approximate surface area is 89.5 Å². The molecular weight excluding hydrogens is 200 g/mol. The lowest BCUT2D eigenvalue weighted by Crippen LogP contribution is -1.99. The second-order valence-corrected chi connectivity index (χ2v) is 3.64. The molecule has 0 radical (unpaired) electrons. The maximum atomic E-state index is 9.54. The number of aliphatic hydroxyl groups excluding tert-OH is 1. The minimum Gasteiger partial charge on any atom is -0.495 e. The van der Waals surface area contributed by atoms with Crippen LogP contribution in [0.15, 0.2) is 12.1 Å². The van der Waals surface area contributed by atoms with Crippen LogP contribution in [-0.4, -0.2) is 12.2 Å². The van der Waals surface area contributed by atoms with Crippen LogP contribution < -0.4 is 4.74 Å². The van der Waals surface area contributed by atoms with E-state index in [0.29, 0.717) is 10.8 Å². The van der Waals surface area contributed by atoms with E-state index >= 15 is 0 Å². The third kappa shape index (κ3) is 2.20. The summed E-state index contributed by atoms with van der Waals surface area (Å²) in [7, 11) is 1.55. The number of ether oxygens (including phenoxy) is 1. The van der Waals surface area contributed by atoms with Crippen molar-refractivity contribution in [3.63, 3.8) is 0 Å². The first kappa shape index (κ1) is 11.3. The molecule has 1 aromatic carbocycles. The molecule has 0 bridgehead atoms. The summed E-state index contributed by atoms with van der Waals surface area (Å²) in [5.41, 5.74) is 1.85. The Morgan fingerprint density at radius 1 is 1.50 bits per heavy atom. The van der Waals surface area contributed by atoms with Crippen LogP contribution in [0.3, 0.4) is 0 Å². The Kier molecular flexibility index (Phi) is 3.78. The van der Waals surface area contributed by atoms with Gasteiger partial charge >= 0.3 is 0 Å². The molecule has 0 heterocycles. The van der Waals surface area contributed by atoms with E-state index in [1.54, 1.807) is 14.0 Å². The molecule has 1 unspecified atom stereocenters. The van der Waals surface area contributed by atoms with Crippen molar-refractivity contribution in [1.82, 2.24) is 0 Å². The van der Waals surface area contributed by atoms with Crippen molar-refractivity contribution >= 4 is 11.6 Å². The molecular formula is C11H15ClO2. The van der Waals surface area contributed by atoms with Crippen LogP contribution in [0, 0.1) is 0 Å². The number of rotatable bonds is 3. The number of aryl methyl sites for hydroxylation is 1. The summed E-state index contributed by atoms with van der Waals surface area (Å²) in [4.78, 5) is 0. The van der Waals surface area contributed by atoms with Crippen molar-refractivity contribution in [1.29, 1.82) is 0 Å². The molecule has 0 fully saturated rings. The van der Waals surface area contributed by atoms with E-state index in [2.05, 4.69) is 0 Å². The quantitative estimate of drug-likeness (QED) is 0.839. The molecule has 0 amide bonds. The molecule has 0 aliphatic rings. The van der Waals surface area contributed by atoms with Crippen molar-refractivity contribution in [3.05, 3.63) is 28.3 Å². The van der Waals surface area contributed by atoms with Gasteiger partial charge in [0.2, 0.25) is 0 Å². The molecule has 3 heteroatoms. The Morgan fingerprint density at radius 3 is 2.57 bits per heavy atom. The summed E-state index contributed by atoms with van der Waals surface area (Å²) < 4.78 is 5.14. The van der Waals surface area contributed by atoms with Crippen LogP contribution >= 0.6 is 11.6 Å². The third-order valence-electron chi connectivity index (χ3n) is 2.19. The maximum Gasteiger partial charge on any atom is 0.143 e. The van der Waals surface area contributed by atoms with Gasteiger partial charge in [0.1, 0.15) is 5.75 Å². The SMILES string of the molecule is CCc1cc(Cl)c(OC)c(C(C)O)c1. The molecule has 14 heavy (non-hydrogen) atoms. The first-order chi connectivity index (χ1) is 6.60. The molecule has 0 saturated heterocycles. The lowest BCUT2D eigenvalue weighted by Gasteiger charge is -2.14. The largest absolute Gasteiger partial charge is 0.495 e. The van der Waals surface area contributed by atoms with Crippen LogP contribution in [0.1, 0.15) is 31.1 Å². The minimum atomic E-state index is -0.561. The number of aliphatic hydroxyl groups is 1. The first-order valence-corrected chi connectivity index (χ1v) is 5.02. The predicted molar refractivity (Wildman–Crippen MR) is 58.0 cm³/mol. The average Bonchev–Trinajstić information content (AvgIpc) is 2.16. The zero-order valence-electron chi connectivity index (χ0n) is 8.67. The fourth-order valence-corrected chi connectivity index (χ4v) is 1.73. The number of halogens is 1. The van der Waals surface area contributed by atoms with Crippen LogP contribution in [0.25, 0.3) is 0 Å². The van der Waals surface area contributed by atoms with Crippen molar-refractivity contribution < 1.29 is 9.84 Å². The highest BCUT2D eigenvalue weighted by molar-refractivity contribution is 6.32. The first-order valence-electron chi connectivity index (χ1n) is 4.64. The number of hydrogen-bond acceptors (Lipinski definition) is 2. The van der Waals surface area contributed by atoms with Crippen molar-refractivity contribution in [3.8, 4) is 5.75 Å². The monoisotopic (exact) mass is 214 g/mol. The molecule has 1 rings (SSSR count). The van der Waals surface area contributed by atoms with Gasteiger partial charge < -0.3 is 9.84 Å². The maximum absolute atomic E-state index is 9.54. The van der Waals surface area contributed by atoms with Crippen LogP contribution in [-0.2, 0) is 6.42 Å². The van der Waals surface area contributed by atoms with E-state index in [4.69, 9.17) is 16.3 Å². The number of hydrogen-bond donors (Lipinski definition) is 1. The van der Waals surface area contributed by atoms with Gasteiger partial charge in [0.15, 0.2) is 0 Å². The third-order valence-corrected chi connectivity index (χ3v) is 2.48. The zero-order valence-corrected chi connectivity index (χ0v) is 9.43. The second-order valence-electron chi connectivity index (χ2n) is 3.23. The lowest BCUT2D eigenvalue weighted by molar-refractivity contribution is 0.194. The topological polar surface area (TPSA) is 29.5 Å². The molecule has 1 aromatic rings. The van der Waals surface area contributed by atoms with Gasteiger partial charge in [0, 0.05) is 5.56 Å². The number of methoxy groups -OCH3 is 1. The lowest BCUT2D eigenvalue weighted by atomic mass is 10.0. The van der Waals surface area contributed by atoms with E-state index in [0.717, 1.165) is 17.5 Å². The smallest absolute Gasteiger partial charge is 0.143 e. The van der Waals surface area contributed by atoms with Crippen molar-refractivity contribution in [2.24, 2.45) is 0 Å². The molecule has 1 N–H and O–H groups in total. The fourth-order valence-electron chi connectivity index (χ4n) is 1.40. The van der Waals surface area contributed by atoms with Crippen molar-refractivity contribution in [2.45, 2.75) is 26.4 Å². The molecule has 0 aliphatic carbocycles. The summed E-state index contributed by atoms with van der Waals surface area (Å²) in [6, 6.07) is 3.79. The average molecular weight is 215 g/mol. The van der Waals surface area contributed by atoms with E-state index in [-0.39, 0.29) is 0 Å². The Bertz CT molecular complexity index is 321. The summed E-state index contributed by atoms with van der Waals surface area (Å²) in [6.07, 6.45) is 0.331. The van der Waals surface area contributed by atoms with E-state index in [9.17, 15) is 5.11 Å². The highest BCUT2D eigenvalue weighted by atomic mass is 35.5. The summed E-state index contributed by atoms with van der Waals surface area (Å²) in [6.45, 7) is 3.75. The van der Waals surface area contributed by atoms with Gasteiger partial charge in [-0.3, -0.25) is 0 Å². The molecule has 0 saturated carbocycles. The van der Waals surface area contributed by atoms with Gasteiger partial charge in [-0.25, -0.2) is 0 Å². The van der Waals surface area contributed by atoms with Gasteiger partial charge in [-0.05, 0) is 31.0 Å². The van der Waals surface area contributed by atoms with Gasteiger partial charge in [0.25, 0.3) is 0 Å². The van der Waals surface area contributed by atoms with Gasteiger partial charge in [-0.1, -0.05) is 18.5 Å². The normalized spacial score (nSPS) is 12.6. The van der Waals surface area contributed by atoms with Gasteiger partial charge in [0.05, 0.1) is 18.2 Å². The van der Waals surface area contributed by atoms with Crippen LogP contribution in [0.2, 0.25) is 5.02 Å².